The van der Waals surface area contributed by atoms with Crippen LogP contribution >= 0.6 is 0 Å². The molecular formula is C14H11FN2O4. The fraction of sp³-hybridized carbons (Fsp3) is 0.0714. The molecule has 0 radical (unpaired) electrons. The van der Waals surface area contributed by atoms with E-state index >= 15 is 0 Å². The van der Waals surface area contributed by atoms with Crippen LogP contribution in [0.2, 0.25) is 0 Å². The molecule has 0 aliphatic heterocycles. The van der Waals surface area contributed by atoms with Crippen molar-refractivity contribution < 1.29 is 23.6 Å². The number of nitrogens with one attached hydrogen (secondary N) is 1. The first-order valence-electron chi connectivity index (χ1n) is 5.91. The molecule has 1 amide bonds. The Balaban J connectivity index is 2.14. The van der Waals surface area contributed by atoms with E-state index in [1.807, 2.05) is 0 Å². The van der Waals surface area contributed by atoms with Gasteiger partial charge in [-0.25, -0.2) is 9.18 Å². The van der Waals surface area contributed by atoms with Gasteiger partial charge < -0.3 is 14.9 Å². The fourth-order valence-corrected chi connectivity index (χ4v) is 1.56. The minimum Gasteiger partial charge on any atom is -0.478 e. The summed E-state index contributed by atoms with van der Waals surface area (Å²) in [6.07, 6.45) is 2.14. The van der Waals surface area contributed by atoms with Crippen molar-refractivity contribution in [3.63, 3.8) is 0 Å². The van der Waals surface area contributed by atoms with E-state index in [2.05, 4.69) is 10.5 Å². The highest BCUT2D eigenvalue weighted by Gasteiger charge is 2.13. The SMILES string of the molecule is Cc1cc(C(=O)Nc2ccc(C=CC(=O)O)cc2F)on1. The zero-order valence-electron chi connectivity index (χ0n) is 11.0. The summed E-state index contributed by atoms with van der Waals surface area (Å²) in [7, 11) is 0. The topological polar surface area (TPSA) is 92.4 Å². The summed E-state index contributed by atoms with van der Waals surface area (Å²) in [6.45, 7) is 1.66. The average molecular weight is 290 g/mol. The molecule has 0 saturated heterocycles. The molecule has 0 aliphatic carbocycles. The summed E-state index contributed by atoms with van der Waals surface area (Å²) in [5, 5.41) is 14.4. The lowest BCUT2D eigenvalue weighted by Crippen LogP contribution is -2.12. The Bertz CT molecular complexity index is 722. The first kappa shape index (κ1) is 14.4. The van der Waals surface area contributed by atoms with Gasteiger partial charge in [0.15, 0.2) is 0 Å². The molecule has 7 heteroatoms. The van der Waals surface area contributed by atoms with Crippen LogP contribution in [0.3, 0.4) is 0 Å². The minimum absolute atomic E-state index is 0.0262. The molecular weight excluding hydrogens is 279 g/mol. The maximum atomic E-state index is 13.8. The predicted octanol–water partition coefficient (Wildman–Crippen LogP) is 2.47. The molecule has 1 heterocycles. The van der Waals surface area contributed by atoms with Gasteiger partial charge in [-0.05, 0) is 30.7 Å². The molecule has 0 spiro atoms. The third-order valence-electron chi connectivity index (χ3n) is 2.51. The third kappa shape index (κ3) is 3.75. The van der Waals surface area contributed by atoms with Crippen LogP contribution in [0.1, 0.15) is 21.8 Å². The lowest BCUT2D eigenvalue weighted by molar-refractivity contribution is -0.131. The zero-order chi connectivity index (χ0) is 15.4. The number of halogens is 1. The first-order valence-corrected chi connectivity index (χ1v) is 5.91. The molecule has 2 aromatic rings. The smallest absolute Gasteiger partial charge is 0.328 e. The number of aliphatic carboxylic acids is 1. The van der Waals surface area contributed by atoms with Gasteiger partial charge in [-0.15, -0.1) is 0 Å². The largest absolute Gasteiger partial charge is 0.478 e. The lowest BCUT2D eigenvalue weighted by atomic mass is 10.2. The predicted molar refractivity (Wildman–Crippen MR) is 72.3 cm³/mol. The zero-order valence-corrected chi connectivity index (χ0v) is 11.0. The van der Waals surface area contributed by atoms with Gasteiger partial charge in [-0.2, -0.15) is 0 Å². The van der Waals surface area contributed by atoms with Crippen molar-refractivity contribution in [2.75, 3.05) is 5.32 Å². The van der Waals surface area contributed by atoms with Crippen molar-refractivity contribution in [2.45, 2.75) is 6.92 Å². The number of aromatic nitrogens is 1. The Hall–Kier alpha value is -2.96. The van der Waals surface area contributed by atoms with Crippen LogP contribution in [0, 0.1) is 12.7 Å². The van der Waals surface area contributed by atoms with Gasteiger partial charge in [0.1, 0.15) is 5.82 Å². The van der Waals surface area contributed by atoms with Gasteiger partial charge in [-0.1, -0.05) is 11.2 Å². The fourth-order valence-electron chi connectivity index (χ4n) is 1.56. The number of carboxylic acids is 1. The number of hydrogen-bond acceptors (Lipinski definition) is 4. The number of carboxylic acid groups (broad SMARTS) is 1. The van der Waals surface area contributed by atoms with Gasteiger partial charge >= 0.3 is 5.97 Å². The van der Waals surface area contributed by atoms with Crippen LogP contribution < -0.4 is 5.32 Å². The monoisotopic (exact) mass is 290 g/mol. The summed E-state index contributed by atoms with van der Waals surface area (Å²) in [5.41, 5.74) is 0.861. The van der Waals surface area contributed by atoms with Crippen LogP contribution in [-0.2, 0) is 4.79 Å². The molecule has 0 unspecified atom stereocenters. The second-order valence-corrected chi connectivity index (χ2v) is 4.20. The van der Waals surface area contributed by atoms with E-state index in [0.717, 1.165) is 12.1 Å². The molecule has 1 aromatic heterocycles. The van der Waals surface area contributed by atoms with Crippen LogP contribution in [0.5, 0.6) is 0 Å². The molecule has 6 nitrogen and oxygen atoms in total. The Kier molecular flexibility index (Phi) is 4.13. The number of nitrogens with zero attached hydrogens (tertiary/aromatic N) is 1. The van der Waals surface area contributed by atoms with Gasteiger partial charge in [0.2, 0.25) is 5.76 Å². The first-order chi connectivity index (χ1) is 9.95. The second-order valence-electron chi connectivity index (χ2n) is 4.20. The molecule has 0 fully saturated rings. The number of aryl methyl sites for hydroxylation is 1. The highest BCUT2D eigenvalue weighted by Crippen LogP contribution is 2.18. The molecule has 0 bridgehead atoms. The summed E-state index contributed by atoms with van der Waals surface area (Å²) in [4.78, 5) is 22.2. The summed E-state index contributed by atoms with van der Waals surface area (Å²) in [6, 6.07) is 5.35. The minimum atomic E-state index is -1.13. The van der Waals surface area contributed by atoms with Gasteiger partial charge in [0, 0.05) is 12.1 Å². The Morgan fingerprint density at radius 1 is 1.38 bits per heavy atom. The molecule has 21 heavy (non-hydrogen) atoms. The van der Waals surface area contributed by atoms with E-state index in [1.165, 1.54) is 24.3 Å². The molecule has 2 rings (SSSR count). The highest BCUT2D eigenvalue weighted by molar-refractivity contribution is 6.02. The molecule has 0 aliphatic rings. The number of rotatable bonds is 4. The number of hydrogen-bond donors (Lipinski definition) is 2. The standard InChI is InChI=1S/C14H11FN2O4/c1-8-6-12(21-17-8)14(20)16-11-4-2-9(7-10(11)15)3-5-13(18)19/h2-7H,1H3,(H,16,20)(H,18,19). The summed E-state index contributed by atoms with van der Waals surface area (Å²) in [5.74, 6) is -2.47. The third-order valence-corrected chi connectivity index (χ3v) is 2.51. The van der Waals surface area contributed by atoms with Crippen molar-refractivity contribution >= 4 is 23.6 Å². The van der Waals surface area contributed by atoms with Crippen LogP contribution in [0.25, 0.3) is 6.08 Å². The highest BCUT2D eigenvalue weighted by atomic mass is 19.1. The Morgan fingerprint density at radius 3 is 2.71 bits per heavy atom. The molecule has 0 atom stereocenters. The summed E-state index contributed by atoms with van der Waals surface area (Å²) >= 11 is 0. The van der Waals surface area contributed by atoms with Crippen LogP contribution in [0.4, 0.5) is 10.1 Å². The van der Waals surface area contributed by atoms with Crippen LogP contribution in [0.15, 0.2) is 34.9 Å². The number of carbonyl (C=O) groups is 2. The number of carbonyl (C=O) groups excluding carboxylic acids is 1. The van der Waals surface area contributed by atoms with Crippen molar-refractivity contribution in [1.82, 2.24) is 5.16 Å². The maximum Gasteiger partial charge on any atom is 0.328 e. The van der Waals surface area contributed by atoms with E-state index in [9.17, 15) is 14.0 Å². The Morgan fingerprint density at radius 2 is 2.14 bits per heavy atom. The van der Waals surface area contributed by atoms with Crippen LogP contribution in [-0.4, -0.2) is 22.1 Å². The van der Waals surface area contributed by atoms with Gasteiger partial charge in [-0.3, -0.25) is 4.79 Å². The Labute approximate surface area is 118 Å². The molecule has 1 aromatic carbocycles. The van der Waals surface area contributed by atoms with Crippen molar-refractivity contribution in [1.29, 1.82) is 0 Å². The van der Waals surface area contributed by atoms with Crippen molar-refractivity contribution in [2.24, 2.45) is 0 Å². The van der Waals surface area contributed by atoms with Crippen molar-refractivity contribution in [3.05, 3.63) is 53.2 Å². The van der Waals surface area contributed by atoms with E-state index in [4.69, 9.17) is 9.63 Å². The second kappa shape index (κ2) is 6.00. The van der Waals surface area contributed by atoms with E-state index in [-0.39, 0.29) is 11.4 Å². The maximum absolute atomic E-state index is 13.8. The molecule has 0 saturated carbocycles. The van der Waals surface area contributed by atoms with E-state index in [1.54, 1.807) is 6.92 Å². The van der Waals surface area contributed by atoms with E-state index in [0.29, 0.717) is 11.3 Å². The van der Waals surface area contributed by atoms with Gasteiger partial charge in [0.05, 0.1) is 11.4 Å². The normalized spacial score (nSPS) is 10.8. The molecule has 108 valence electrons. The number of amides is 1. The van der Waals surface area contributed by atoms with Crippen molar-refractivity contribution in [3.8, 4) is 0 Å². The number of anilines is 1. The van der Waals surface area contributed by atoms with Gasteiger partial charge in [0.25, 0.3) is 5.91 Å². The molecule has 2 N–H and O–H groups in total. The number of benzene rings is 1. The quantitative estimate of drug-likeness (QED) is 0.844. The lowest BCUT2D eigenvalue weighted by Gasteiger charge is -2.05. The summed E-state index contributed by atoms with van der Waals surface area (Å²) < 4.78 is 18.6. The van der Waals surface area contributed by atoms with E-state index < -0.39 is 17.7 Å². The average Bonchev–Trinajstić information content (AvgIpc) is 2.86.